The molecule has 0 saturated carbocycles. The van der Waals surface area contributed by atoms with Crippen LogP contribution in [0.2, 0.25) is 0 Å². The number of thiazole rings is 1. The van der Waals surface area contributed by atoms with E-state index >= 15 is 0 Å². The van der Waals surface area contributed by atoms with Crippen molar-refractivity contribution in [3.05, 3.63) is 28.2 Å². The van der Waals surface area contributed by atoms with Crippen molar-refractivity contribution in [3.8, 4) is 0 Å². The molecule has 0 aliphatic carbocycles. The summed E-state index contributed by atoms with van der Waals surface area (Å²) in [5.74, 6) is -0.160. The van der Waals surface area contributed by atoms with Crippen molar-refractivity contribution in [2.45, 2.75) is 33.6 Å². The summed E-state index contributed by atoms with van der Waals surface area (Å²) in [6.45, 7) is 6.55. The maximum atomic E-state index is 12.6. The van der Waals surface area contributed by atoms with Gasteiger partial charge in [-0.1, -0.05) is 25.2 Å². The molecule has 3 heterocycles. The number of hydrogen-bond donors (Lipinski definition) is 1. The third-order valence-electron chi connectivity index (χ3n) is 4.57. The summed E-state index contributed by atoms with van der Waals surface area (Å²) in [5, 5.41) is 13.4. The fourth-order valence-corrected chi connectivity index (χ4v) is 5.04. The van der Waals surface area contributed by atoms with E-state index in [1.54, 1.807) is 16.2 Å². The van der Waals surface area contributed by atoms with Crippen LogP contribution in [0.15, 0.2) is 18.2 Å². The zero-order valence-electron chi connectivity index (χ0n) is 15.9. The second-order valence-corrected chi connectivity index (χ2v) is 9.68. The molecule has 1 unspecified atom stereocenters. The van der Waals surface area contributed by atoms with Crippen LogP contribution in [-0.4, -0.2) is 33.5 Å². The second-order valence-electron chi connectivity index (χ2n) is 7.38. The van der Waals surface area contributed by atoms with E-state index in [4.69, 9.17) is 0 Å². The molecule has 1 aromatic carbocycles. The van der Waals surface area contributed by atoms with Crippen LogP contribution in [0, 0.1) is 18.8 Å². The first-order chi connectivity index (χ1) is 13.4. The molecule has 146 valence electrons. The minimum atomic E-state index is -0.405. The van der Waals surface area contributed by atoms with Gasteiger partial charge in [0.2, 0.25) is 16.9 Å². The van der Waals surface area contributed by atoms with E-state index in [9.17, 15) is 9.59 Å². The highest BCUT2D eigenvalue weighted by molar-refractivity contribution is 7.18. The van der Waals surface area contributed by atoms with Crippen LogP contribution >= 0.6 is 22.7 Å². The summed E-state index contributed by atoms with van der Waals surface area (Å²) in [6, 6.07) is 5.81. The molecule has 1 N–H and O–H groups in total. The summed E-state index contributed by atoms with van der Waals surface area (Å²) < 4.78 is 1.09. The van der Waals surface area contributed by atoms with Crippen molar-refractivity contribution in [1.82, 2.24) is 15.2 Å². The van der Waals surface area contributed by atoms with Gasteiger partial charge in [0, 0.05) is 25.1 Å². The van der Waals surface area contributed by atoms with Gasteiger partial charge in [-0.3, -0.25) is 9.59 Å². The number of benzene rings is 1. The molecule has 0 spiro atoms. The lowest BCUT2D eigenvalue weighted by Crippen LogP contribution is -2.28. The zero-order valence-corrected chi connectivity index (χ0v) is 17.6. The average Bonchev–Trinajstić information content (AvgIpc) is 3.31. The third kappa shape index (κ3) is 3.90. The number of carbonyl (C=O) groups is 2. The number of nitrogens with one attached hydrogen (secondary N) is 1. The number of aromatic nitrogens is 3. The van der Waals surface area contributed by atoms with Gasteiger partial charge in [-0.05, 0) is 31.0 Å². The highest BCUT2D eigenvalue weighted by Crippen LogP contribution is 2.31. The molecule has 2 amide bonds. The fourth-order valence-electron chi connectivity index (χ4n) is 3.27. The lowest BCUT2D eigenvalue weighted by Gasteiger charge is -2.16. The van der Waals surface area contributed by atoms with Crippen molar-refractivity contribution in [1.29, 1.82) is 0 Å². The summed E-state index contributed by atoms with van der Waals surface area (Å²) in [7, 11) is 0. The topological polar surface area (TPSA) is 88.1 Å². The molecule has 1 aliphatic heterocycles. The molecule has 9 heteroatoms. The van der Waals surface area contributed by atoms with Gasteiger partial charge in [-0.2, -0.15) is 0 Å². The van der Waals surface area contributed by atoms with Gasteiger partial charge in [-0.25, -0.2) is 4.98 Å². The number of hydrogen-bond acceptors (Lipinski definition) is 7. The van der Waals surface area contributed by atoms with Crippen molar-refractivity contribution in [2.24, 2.45) is 11.8 Å². The average molecular weight is 416 g/mol. The van der Waals surface area contributed by atoms with E-state index in [1.807, 2.05) is 25.1 Å². The Morgan fingerprint density at radius 1 is 1.32 bits per heavy atom. The smallest absolute Gasteiger partial charge is 0.231 e. The Bertz CT molecular complexity index is 1040. The van der Waals surface area contributed by atoms with Crippen LogP contribution in [0.4, 0.5) is 10.8 Å². The molecular weight excluding hydrogens is 394 g/mol. The number of carbonyl (C=O) groups excluding carboxylic acids is 2. The van der Waals surface area contributed by atoms with E-state index < -0.39 is 5.92 Å². The van der Waals surface area contributed by atoms with Crippen molar-refractivity contribution < 1.29 is 9.59 Å². The number of amides is 2. The molecule has 0 radical (unpaired) electrons. The monoisotopic (exact) mass is 415 g/mol. The molecular formula is C19H21N5O2S2. The number of anilines is 2. The van der Waals surface area contributed by atoms with Crippen molar-refractivity contribution in [2.75, 3.05) is 16.8 Å². The Morgan fingerprint density at radius 2 is 2.14 bits per heavy atom. The Kier molecular flexibility index (Phi) is 5.11. The standard InChI is InChI=1S/C19H21N5O2S2/c1-10(2)6-16-22-23-19(28-16)21-18(26)12-7-17(25)24(9-12)13-4-5-15-14(8-13)20-11(3)27-15/h4-5,8,10,12H,6-7,9H2,1-3H3,(H,21,23,26). The first-order valence-corrected chi connectivity index (χ1v) is 10.8. The predicted molar refractivity (Wildman–Crippen MR) is 112 cm³/mol. The van der Waals surface area contributed by atoms with E-state index in [2.05, 4.69) is 34.3 Å². The number of aryl methyl sites for hydroxylation is 1. The molecule has 2 aromatic heterocycles. The van der Waals surface area contributed by atoms with Crippen LogP contribution in [0.25, 0.3) is 10.2 Å². The van der Waals surface area contributed by atoms with E-state index in [-0.39, 0.29) is 18.2 Å². The van der Waals surface area contributed by atoms with Crippen LogP contribution in [0.3, 0.4) is 0 Å². The second kappa shape index (κ2) is 7.56. The number of rotatable bonds is 5. The van der Waals surface area contributed by atoms with Gasteiger partial charge >= 0.3 is 0 Å². The lowest BCUT2D eigenvalue weighted by atomic mass is 10.1. The van der Waals surface area contributed by atoms with Gasteiger partial charge in [-0.15, -0.1) is 21.5 Å². The maximum Gasteiger partial charge on any atom is 0.231 e. The van der Waals surface area contributed by atoms with Crippen LogP contribution in [0.5, 0.6) is 0 Å². The predicted octanol–water partition coefficient (Wildman–Crippen LogP) is 3.65. The highest BCUT2D eigenvalue weighted by Gasteiger charge is 2.35. The Labute approximate surface area is 170 Å². The van der Waals surface area contributed by atoms with Gasteiger partial charge in [0.05, 0.1) is 21.1 Å². The first kappa shape index (κ1) is 18.9. The van der Waals surface area contributed by atoms with E-state index in [0.29, 0.717) is 17.6 Å². The molecule has 1 fully saturated rings. The summed E-state index contributed by atoms with van der Waals surface area (Å²) in [4.78, 5) is 31.3. The Balaban J connectivity index is 1.44. The van der Waals surface area contributed by atoms with Crippen LogP contribution in [-0.2, 0) is 16.0 Å². The van der Waals surface area contributed by atoms with Crippen molar-refractivity contribution >= 4 is 55.5 Å². The SMILES string of the molecule is Cc1nc2cc(N3CC(C(=O)Nc4nnc(CC(C)C)s4)CC3=O)ccc2s1. The van der Waals surface area contributed by atoms with Gasteiger partial charge in [0.1, 0.15) is 5.01 Å². The number of nitrogens with zero attached hydrogens (tertiary/aromatic N) is 4. The van der Waals surface area contributed by atoms with Crippen LogP contribution < -0.4 is 10.2 Å². The lowest BCUT2D eigenvalue weighted by molar-refractivity contribution is -0.122. The van der Waals surface area contributed by atoms with Crippen LogP contribution in [0.1, 0.15) is 30.3 Å². The zero-order chi connectivity index (χ0) is 19.8. The molecule has 28 heavy (non-hydrogen) atoms. The minimum Gasteiger partial charge on any atom is -0.312 e. The number of fused-ring (bicyclic) bond motifs is 1. The maximum absolute atomic E-state index is 12.6. The molecule has 1 aliphatic rings. The molecule has 3 aromatic rings. The normalized spacial score (nSPS) is 17.1. The largest absolute Gasteiger partial charge is 0.312 e. The van der Waals surface area contributed by atoms with Gasteiger partial charge < -0.3 is 10.2 Å². The quantitative estimate of drug-likeness (QED) is 0.687. The van der Waals surface area contributed by atoms with Gasteiger partial charge in [0.25, 0.3) is 0 Å². The van der Waals surface area contributed by atoms with Gasteiger partial charge in [0.15, 0.2) is 0 Å². The van der Waals surface area contributed by atoms with Crippen molar-refractivity contribution in [3.63, 3.8) is 0 Å². The molecule has 1 saturated heterocycles. The minimum absolute atomic E-state index is 0.0517. The summed E-state index contributed by atoms with van der Waals surface area (Å²) >= 11 is 3.02. The fraction of sp³-hybridized carbons (Fsp3) is 0.421. The first-order valence-electron chi connectivity index (χ1n) is 9.20. The summed E-state index contributed by atoms with van der Waals surface area (Å²) in [6.07, 6.45) is 1.03. The molecule has 1 atom stereocenters. The Morgan fingerprint density at radius 3 is 2.93 bits per heavy atom. The molecule has 0 bridgehead atoms. The molecule has 4 rings (SSSR count). The molecule has 7 nitrogen and oxygen atoms in total. The van der Waals surface area contributed by atoms with E-state index in [1.165, 1.54) is 11.3 Å². The third-order valence-corrected chi connectivity index (χ3v) is 6.38. The summed E-state index contributed by atoms with van der Waals surface area (Å²) in [5.41, 5.74) is 1.67. The van der Waals surface area contributed by atoms with E-state index in [0.717, 1.165) is 32.3 Å². The Hall–Kier alpha value is -2.39. The highest BCUT2D eigenvalue weighted by atomic mass is 32.1.